The molecule has 1 aliphatic heterocycles. The minimum absolute atomic E-state index is 0.499. The standard InChI is InChI=1S/C13H15NO3/c1-16-12-6-9-4-3-5-14-11(8-15)10(9)7-13(12)17-2/h6-8H,3-5H2,1-2H3. The summed E-state index contributed by atoms with van der Waals surface area (Å²) in [5, 5.41) is 0. The predicted octanol–water partition coefficient (Wildman–Crippen LogP) is 1.64. The fourth-order valence-electron chi connectivity index (χ4n) is 2.02. The molecule has 0 aromatic heterocycles. The first-order valence-electron chi connectivity index (χ1n) is 5.55. The highest BCUT2D eigenvalue weighted by atomic mass is 16.5. The van der Waals surface area contributed by atoms with Crippen LogP contribution in [0.25, 0.3) is 0 Å². The summed E-state index contributed by atoms with van der Waals surface area (Å²) in [7, 11) is 3.19. The summed E-state index contributed by atoms with van der Waals surface area (Å²) >= 11 is 0. The highest BCUT2D eigenvalue weighted by Gasteiger charge is 2.16. The molecule has 0 spiro atoms. The average molecular weight is 233 g/mol. The minimum Gasteiger partial charge on any atom is -0.493 e. The number of ether oxygens (including phenoxy) is 2. The summed E-state index contributed by atoms with van der Waals surface area (Å²) < 4.78 is 10.5. The van der Waals surface area contributed by atoms with Crippen molar-refractivity contribution in [2.75, 3.05) is 20.8 Å². The molecule has 0 bridgehead atoms. The van der Waals surface area contributed by atoms with E-state index in [1.165, 1.54) is 0 Å². The highest BCUT2D eigenvalue weighted by Crippen LogP contribution is 2.32. The molecule has 1 aromatic carbocycles. The Morgan fingerprint density at radius 2 is 1.94 bits per heavy atom. The maximum absolute atomic E-state index is 11.0. The van der Waals surface area contributed by atoms with Gasteiger partial charge < -0.3 is 9.47 Å². The van der Waals surface area contributed by atoms with Crippen LogP contribution in [0.1, 0.15) is 17.5 Å². The zero-order chi connectivity index (χ0) is 12.3. The molecule has 0 radical (unpaired) electrons. The fraction of sp³-hybridized carbons (Fsp3) is 0.385. The summed E-state index contributed by atoms with van der Waals surface area (Å²) in [4.78, 5) is 15.3. The van der Waals surface area contributed by atoms with E-state index in [1.807, 2.05) is 12.1 Å². The number of methoxy groups -OCH3 is 2. The van der Waals surface area contributed by atoms with Crippen molar-refractivity contribution in [2.24, 2.45) is 4.99 Å². The SMILES string of the molecule is COc1cc2c(cc1OC)C(C=O)=NCCC2. The van der Waals surface area contributed by atoms with Gasteiger partial charge in [0.25, 0.3) is 0 Å². The van der Waals surface area contributed by atoms with Gasteiger partial charge in [0, 0.05) is 12.1 Å². The van der Waals surface area contributed by atoms with E-state index in [1.54, 1.807) is 14.2 Å². The van der Waals surface area contributed by atoms with Crippen LogP contribution in [0.3, 0.4) is 0 Å². The van der Waals surface area contributed by atoms with Crippen molar-refractivity contribution in [1.82, 2.24) is 0 Å². The predicted molar refractivity (Wildman–Crippen MR) is 65.3 cm³/mol. The Kier molecular flexibility index (Phi) is 3.42. The van der Waals surface area contributed by atoms with Crippen LogP contribution in [-0.2, 0) is 11.2 Å². The maximum Gasteiger partial charge on any atom is 0.168 e. The fourth-order valence-corrected chi connectivity index (χ4v) is 2.02. The van der Waals surface area contributed by atoms with Crippen LogP contribution >= 0.6 is 0 Å². The maximum atomic E-state index is 11.0. The molecule has 1 aromatic rings. The molecule has 4 heteroatoms. The molecular weight excluding hydrogens is 218 g/mol. The second-order valence-electron chi connectivity index (χ2n) is 3.85. The summed E-state index contributed by atoms with van der Waals surface area (Å²) in [6, 6.07) is 3.76. The Morgan fingerprint density at radius 1 is 1.24 bits per heavy atom. The van der Waals surface area contributed by atoms with Crippen LogP contribution < -0.4 is 9.47 Å². The van der Waals surface area contributed by atoms with Gasteiger partial charge in [-0.2, -0.15) is 0 Å². The molecule has 1 heterocycles. The Labute approximate surface area is 100 Å². The second-order valence-corrected chi connectivity index (χ2v) is 3.85. The van der Waals surface area contributed by atoms with E-state index in [9.17, 15) is 4.79 Å². The van der Waals surface area contributed by atoms with Gasteiger partial charge in [-0.05, 0) is 30.5 Å². The number of aldehydes is 1. The number of aryl methyl sites for hydroxylation is 1. The second kappa shape index (κ2) is 4.99. The molecule has 90 valence electrons. The van der Waals surface area contributed by atoms with E-state index < -0.39 is 0 Å². The van der Waals surface area contributed by atoms with Crippen molar-refractivity contribution in [3.63, 3.8) is 0 Å². The number of benzene rings is 1. The topological polar surface area (TPSA) is 47.9 Å². The van der Waals surface area contributed by atoms with Gasteiger partial charge in [0.15, 0.2) is 17.8 Å². The Morgan fingerprint density at radius 3 is 2.59 bits per heavy atom. The quantitative estimate of drug-likeness (QED) is 0.746. The lowest BCUT2D eigenvalue weighted by Gasteiger charge is -2.12. The normalized spacial score (nSPS) is 14.4. The summed E-state index contributed by atoms with van der Waals surface area (Å²) in [5.41, 5.74) is 2.44. The van der Waals surface area contributed by atoms with Gasteiger partial charge in [-0.1, -0.05) is 0 Å². The number of nitrogens with zero attached hydrogens (tertiary/aromatic N) is 1. The smallest absolute Gasteiger partial charge is 0.168 e. The van der Waals surface area contributed by atoms with E-state index >= 15 is 0 Å². The molecule has 0 saturated carbocycles. The molecule has 0 N–H and O–H groups in total. The van der Waals surface area contributed by atoms with E-state index in [0.717, 1.165) is 30.3 Å². The minimum atomic E-state index is 0.499. The number of carbonyl (C=O) groups is 1. The molecule has 0 amide bonds. The van der Waals surface area contributed by atoms with Crippen molar-refractivity contribution in [1.29, 1.82) is 0 Å². The van der Waals surface area contributed by atoms with Gasteiger partial charge in [0.05, 0.1) is 14.2 Å². The number of aliphatic imine (C=N–C) groups is 1. The van der Waals surface area contributed by atoms with Crippen LogP contribution in [-0.4, -0.2) is 32.8 Å². The molecule has 0 atom stereocenters. The Balaban J connectivity index is 2.58. The summed E-state index contributed by atoms with van der Waals surface area (Å²) in [6.07, 6.45) is 2.65. The number of hydrogen-bond donors (Lipinski definition) is 0. The first-order valence-corrected chi connectivity index (χ1v) is 5.55. The van der Waals surface area contributed by atoms with E-state index in [2.05, 4.69) is 4.99 Å². The molecule has 0 fully saturated rings. The largest absolute Gasteiger partial charge is 0.493 e. The first kappa shape index (κ1) is 11.6. The van der Waals surface area contributed by atoms with Crippen LogP contribution in [0.4, 0.5) is 0 Å². The number of carbonyl (C=O) groups excluding carboxylic acids is 1. The van der Waals surface area contributed by atoms with Crippen molar-refractivity contribution in [3.05, 3.63) is 23.3 Å². The molecule has 4 nitrogen and oxygen atoms in total. The third-order valence-corrected chi connectivity index (χ3v) is 2.88. The van der Waals surface area contributed by atoms with Crippen molar-refractivity contribution < 1.29 is 14.3 Å². The van der Waals surface area contributed by atoms with Gasteiger partial charge in [-0.3, -0.25) is 9.79 Å². The van der Waals surface area contributed by atoms with Crippen molar-refractivity contribution >= 4 is 12.0 Å². The number of rotatable bonds is 3. The van der Waals surface area contributed by atoms with Crippen molar-refractivity contribution in [2.45, 2.75) is 12.8 Å². The number of hydrogen-bond acceptors (Lipinski definition) is 4. The van der Waals surface area contributed by atoms with Gasteiger partial charge >= 0.3 is 0 Å². The van der Waals surface area contributed by atoms with Gasteiger partial charge in [0.1, 0.15) is 5.71 Å². The Hall–Kier alpha value is -1.84. The third-order valence-electron chi connectivity index (χ3n) is 2.88. The molecule has 2 rings (SSSR count). The molecule has 17 heavy (non-hydrogen) atoms. The molecule has 0 aliphatic carbocycles. The van der Waals surface area contributed by atoms with Gasteiger partial charge in [-0.25, -0.2) is 0 Å². The van der Waals surface area contributed by atoms with Crippen LogP contribution in [0.2, 0.25) is 0 Å². The van der Waals surface area contributed by atoms with Gasteiger partial charge in [-0.15, -0.1) is 0 Å². The average Bonchev–Trinajstić information content (AvgIpc) is 2.58. The molecular formula is C13H15NO3. The van der Waals surface area contributed by atoms with Crippen LogP contribution in [0.15, 0.2) is 17.1 Å². The summed E-state index contributed by atoms with van der Waals surface area (Å²) in [6.45, 7) is 0.688. The molecule has 0 saturated heterocycles. The van der Waals surface area contributed by atoms with E-state index in [0.29, 0.717) is 23.8 Å². The summed E-state index contributed by atoms with van der Waals surface area (Å²) in [5.74, 6) is 1.32. The lowest BCUT2D eigenvalue weighted by Crippen LogP contribution is -2.06. The van der Waals surface area contributed by atoms with E-state index in [-0.39, 0.29) is 0 Å². The molecule has 0 unspecified atom stereocenters. The van der Waals surface area contributed by atoms with Crippen LogP contribution in [0.5, 0.6) is 11.5 Å². The monoisotopic (exact) mass is 233 g/mol. The first-order chi connectivity index (χ1) is 8.30. The van der Waals surface area contributed by atoms with Crippen molar-refractivity contribution in [3.8, 4) is 11.5 Å². The van der Waals surface area contributed by atoms with Gasteiger partial charge in [0.2, 0.25) is 0 Å². The zero-order valence-electron chi connectivity index (χ0n) is 10.0. The highest BCUT2D eigenvalue weighted by molar-refractivity contribution is 6.36. The lowest BCUT2D eigenvalue weighted by atomic mass is 10.00. The zero-order valence-corrected chi connectivity index (χ0v) is 10.0. The van der Waals surface area contributed by atoms with Crippen LogP contribution in [0, 0.1) is 0 Å². The third kappa shape index (κ3) is 2.16. The Bertz CT molecular complexity index is 466. The lowest BCUT2D eigenvalue weighted by molar-refractivity contribution is -0.102. The molecule has 1 aliphatic rings. The number of fused-ring (bicyclic) bond motifs is 1. The van der Waals surface area contributed by atoms with E-state index in [4.69, 9.17) is 9.47 Å².